The molecule has 96 valence electrons. The van der Waals surface area contributed by atoms with Gasteiger partial charge in [-0.15, -0.1) is 5.10 Å². The lowest BCUT2D eigenvalue weighted by Crippen LogP contribution is -2.53. The molecule has 0 radical (unpaired) electrons. The second kappa shape index (κ2) is 4.55. The SMILES string of the molecule is CC(C)c1nc(C(=O)N2CC(=O)NC(=O)C2)n[nH]1. The van der Waals surface area contributed by atoms with Crippen LogP contribution in [0.2, 0.25) is 0 Å². The van der Waals surface area contributed by atoms with Gasteiger partial charge in [0.15, 0.2) is 0 Å². The Hall–Kier alpha value is -2.25. The molecule has 3 amide bonds. The molecule has 0 unspecified atom stereocenters. The van der Waals surface area contributed by atoms with Crippen molar-refractivity contribution in [2.24, 2.45) is 0 Å². The highest BCUT2D eigenvalue weighted by Gasteiger charge is 2.29. The number of rotatable bonds is 2. The summed E-state index contributed by atoms with van der Waals surface area (Å²) in [6.07, 6.45) is 0. The fourth-order valence-electron chi connectivity index (χ4n) is 1.55. The monoisotopic (exact) mass is 251 g/mol. The maximum Gasteiger partial charge on any atom is 0.294 e. The summed E-state index contributed by atoms with van der Waals surface area (Å²) in [6.45, 7) is 3.51. The van der Waals surface area contributed by atoms with Crippen molar-refractivity contribution in [1.29, 1.82) is 0 Å². The maximum atomic E-state index is 12.0. The Kier molecular flexibility index (Phi) is 3.09. The molecule has 1 aliphatic rings. The maximum absolute atomic E-state index is 12.0. The fraction of sp³-hybridized carbons (Fsp3) is 0.500. The quantitative estimate of drug-likeness (QED) is 0.657. The Balaban J connectivity index is 2.15. The van der Waals surface area contributed by atoms with E-state index in [2.05, 4.69) is 20.5 Å². The number of carbonyl (C=O) groups is 3. The van der Waals surface area contributed by atoms with Gasteiger partial charge in [-0.05, 0) is 0 Å². The molecule has 2 N–H and O–H groups in total. The third-order valence-electron chi connectivity index (χ3n) is 2.48. The number of imide groups is 1. The van der Waals surface area contributed by atoms with Crippen LogP contribution in [0, 0.1) is 0 Å². The van der Waals surface area contributed by atoms with Crippen molar-refractivity contribution in [3.8, 4) is 0 Å². The summed E-state index contributed by atoms with van der Waals surface area (Å²) in [4.78, 5) is 39.4. The van der Waals surface area contributed by atoms with Gasteiger partial charge in [-0.3, -0.25) is 24.8 Å². The number of piperazine rings is 1. The molecule has 0 atom stereocenters. The van der Waals surface area contributed by atoms with Gasteiger partial charge in [-0.2, -0.15) is 0 Å². The Morgan fingerprint density at radius 2 is 1.89 bits per heavy atom. The molecule has 8 nitrogen and oxygen atoms in total. The zero-order valence-electron chi connectivity index (χ0n) is 10.1. The van der Waals surface area contributed by atoms with Crippen LogP contribution in [-0.4, -0.2) is 50.9 Å². The Bertz CT molecular complexity index is 491. The van der Waals surface area contributed by atoms with E-state index in [1.807, 2.05) is 13.8 Å². The lowest BCUT2D eigenvalue weighted by Gasteiger charge is -2.24. The number of hydrogen-bond donors (Lipinski definition) is 2. The number of H-pyrrole nitrogens is 1. The van der Waals surface area contributed by atoms with E-state index in [0.29, 0.717) is 5.82 Å². The summed E-state index contributed by atoms with van der Waals surface area (Å²) < 4.78 is 0. The van der Waals surface area contributed by atoms with Gasteiger partial charge in [0.1, 0.15) is 18.9 Å². The number of carbonyl (C=O) groups excluding carboxylic acids is 3. The fourth-order valence-corrected chi connectivity index (χ4v) is 1.55. The van der Waals surface area contributed by atoms with E-state index in [1.165, 1.54) is 0 Å². The van der Waals surface area contributed by atoms with E-state index in [-0.39, 0.29) is 24.8 Å². The van der Waals surface area contributed by atoms with Crippen molar-refractivity contribution in [1.82, 2.24) is 25.4 Å². The lowest BCUT2D eigenvalue weighted by atomic mass is 10.2. The summed E-state index contributed by atoms with van der Waals surface area (Å²) in [5.74, 6) is -0.850. The van der Waals surface area contributed by atoms with Crippen molar-refractivity contribution in [2.75, 3.05) is 13.1 Å². The molecule has 2 heterocycles. The van der Waals surface area contributed by atoms with Crippen LogP contribution >= 0.6 is 0 Å². The first-order chi connectivity index (χ1) is 8.47. The summed E-state index contributed by atoms with van der Waals surface area (Å²) in [5, 5.41) is 8.56. The molecule has 1 aromatic rings. The minimum absolute atomic E-state index is 0.0267. The molecule has 0 aromatic carbocycles. The van der Waals surface area contributed by atoms with E-state index >= 15 is 0 Å². The van der Waals surface area contributed by atoms with Crippen molar-refractivity contribution >= 4 is 17.7 Å². The van der Waals surface area contributed by atoms with Gasteiger partial charge in [-0.25, -0.2) is 4.98 Å². The van der Waals surface area contributed by atoms with E-state index < -0.39 is 17.7 Å². The summed E-state index contributed by atoms with van der Waals surface area (Å²) >= 11 is 0. The molecule has 0 spiro atoms. The first-order valence-corrected chi connectivity index (χ1v) is 5.51. The standard InChI is InChI=1S/C10H13N5O3/c1-5(2)8-12-9(14-13-8)10(18)15-3-6(16)11-7(17)4-15/h5H,3-4H2,1-2H3,(H,11,16,17)(H,12,13,14). The zero-order valence-corrected chi connectivity index (χ0v) is 10.1. The minimum Gasteiger partial charge on any atom is -0.317 e. The van der Waals surface area contributed by atoms with Crippen molar-refractivity contribution in [3.05, 3.63) is 11.6 Å². The number of nitrogens with one attached hydrogen (secondary N) is 2. The predicted octanol–water partition coefficient (Wildman–Crippen LogP) is -0.973. The largest absolute Gasteiger partial charge is 0.317 e. The number of aromatic amines is 1. The molecule has 1 aliphatic heterocycles. The summed E-state index contributed by atoms with van der Waals surface area (Å²) in [7, 11) is 0. The Morgan fingerprint density at radius 1 is 1.28 bits per heavy atom. The van der Waals surface area contributed by atoms with Crippen LogP contribution in [0.25, 0.3) is 0 Å². The van der Waals surface area contributed by atoms with Gasteiger partial charge in [0.05, 0.1) is 0 Å². The van der Waals surface area contributed by atoms with Gasteiger partial charge >= 0.3 is 0 Å². The number of amides is 3. The molecular weight excluding hydrogens is 238 g/mol. The van der Waals surface area contributed by atoms with Crippen LogP contribution in [0.3, 0.4) is 0 Å². The summed E-state index contributed by atoms with van der Waals surface area (Å²) in [6, 6.07) is 0. The topological polar surface area (TPSA) is 108 Å². The van der Waals surface area contributed by atoms with Crippen molar-refractivity contribution in [2.45, 2.75) is 19.8 Å². The van der Waals surface area contributed by atoms with E-state index in [0.717, 1.165) is 4.90 Å². The molecule has 18 heavy (non-hydrogen) atoms. The van der Waals surface area contributed by atoms with Crippen LogP contribution < -0.4 is 5.32 Å². The zero-order chi connectivity index (χ0) is 13.3. The van der Waals surface area contributed by atoms with E-state index in [9.17, 15) is 14.4 Å². The Labute approximate surface area is 103 Å². The first-order valence-electron chi connectivity index (χ1n) is 5.51. The van der Waals surface area contributed by atoms with Gasteiger partial charge in [-0.1, -0.05) is 13.8 Å². The number of aromatic nitrogens is 3. The first kappa shape index (κ1) is 12.2. The molecule has 0 saturated carbocycles. The average Bonchev–Trinajstić information content (AvgIpc) is 2.75. The van der Waals surface area contributed by atoms with Crippen molar-refractivity contribution in [3.63, 3.8) is 0 Å². The molecule has 0 aliphatic carbocycles. The van der Waals surface area contributed by atoms with Crippen LogP contribution in [0.5, 0.6) is 0 Å². The van der Waals surface area contributed by atoms with Crippen LogP contribution in [-0.2, 0) is 9.59 Å². The van der Waals surface area contributed by atoms with E-state index in [1.54, 1.807) is 0 Å². The average molecular weight is 251 g/mol. The molecule has 8 heteroatoms. The molecule has 2 rings (SSSR count). The second-order valence-electron chi connectivity index (χ2n) is 4.33. The molecule has 0 bridgehead atoms. The van der Waals surface area contributed by atoms with Crippen LogP contribution in [0.1, 0.15) is 36.2 Å². The van der Waals surface area contributed by atoms with Crippen LogP contribution in [0.15, 0.2) is 0 Å². The normalized spacial score (nSPS) is 16.1. The third-order valence-corrected chi connectivity index (χ3v) is 2.48. The predicted molar refractivity (Wildman–Crippen MR) is 59.5 cm³/mol. The highest BCUT2D eigenvalue weighted by Crippen LogP contribution is 2.09. The third kappa shape index (κ3) is 2.36. The van der Waals surface area contributed by atoms with Crippen LogP contribution in [0.4, 0.5) is 0 Å². The number of hydrogen-bond acceptors (Lipinski definition) is 5. The molecule has 1 aromatic heterocycles. The molecule has 1 fully saturated rings. The molecule has 1 saturated heterocycles. The smallest absolute Gasteiger partial charge is 0.294 e. The number of nitrogens with zero attached hydrogens (tertiary/aromatic N) is 3. The van der Waals surface area contributed by atoms with Crippen molar-refractivity contribution < 1.29 is 14.4 Å². The Morgan fingerprint density at radius 3 is 2.39 bits per heavy atom. The van der Waals surface area contributed by atoms with E-state index in [4.69, 9.17) is 0 Å². The lowest BCUT2D eigenvalue weighted by molar-refractivity contribution is -0.135. The van der Waals surface area contributed by atoms with Gasteiger partial charge in [0.2, 0.25) is 17.6 Å². The highest BCUT2D eigenvalue weighted by atomic mass is 16.2. The molecular formula is C10H13N5O3. The van der Waals surface area contributed by atoms with Gasteiger partial charge in [0.25, 0.3) is 5.91 Å². The highest BCUT2D eigenvalue weighted by molar-refractivity contribution is 6.04. The minimum atomic E-state index is -0.527. The van der Waals surface area contributed by atoms with Gasteiger partial charge < -0.3 is 4.90 Å². The second-order valence-corrected chi connectivity index (χ2v) is 4.33. The van der Waals surface area contributed by atoms with Gasteiger partial charge in [0, 0.05) is 5.92 Å². The summed E-state index contributed by atoms with van der Waals surface area (Å²) in [5.41, 5.74) is 0.